The molecule has 0 radical (unpaired) electrons. The highest BCUT2D eigenvalue weighted by Gasteiger charge is 2.26. The van der Waals surface area contributed by atoms with Gasteiger partial charge in [-0.2, -0.15) is 5.10 Å². The summed E-state index contributed by atoms with van der Waals surface area (Å²) in [4.78, 5) is 4.37. The molecule has 3 aromatic rings. The number of hydrogen-bond acceptors (Lipinski definition) is 4. The molecule has 2 aromatic carbocycles. The van der Waals surface area contributed by atoms with Gasteiger partial charge in [0.15, 0.2) is 23.4 Å². The first-order chi connectivity index (χ1) is 11.4. The van der Waals surface area contributed by atoms with Crippen molar-refractivity contribution < 1.29 is 9.47 Å². The van der Waals surface area contributed by atoms with E-state index in [1.54, 1.807) is 6.33 Å². The molecule has 116 valence electrons. The van der Waals surface area contributed by atoms with Crippen molar-refractivity contribution in [3.63, 3.8) is 0 Å². The zero-order chi connectivity index (χ0) is 15.5. The highest BCUT2D eigenvalue weighted by molar-refractivity contribution is 5.41. The van der Waals surface area contributed by atoms with Gasteiger partial charge in [-0.15, -0.1) is 0 Å². The third-order valence-corrected chi connectivity index (χ3v) is 3.90. The minimum atomic E-state index is -0.233. The number of ether oxygens (including phenoxy) is 2. The average Bonchev–Trinajstić information content (AvgIpc) is 3.09. The summed E-state index contributed by atoms with van der Waals surface area (Å²) in [6.45, 7) is 1.21. The van der Waals surface area contributed by atoms with Gasteiger partial charge >= 0.3 is 0 Å². The van der Waals surface area contributed by atoms with Crippen LogP contribution in [0.1, 0.15) is 17.5 Å². The molecule has 2 heterocycles. The van der Waals surface area contributed by atoms with Gasteiger partial charge in [0.25, 0.3) is 0 Å². The summed E-state index contributed by atoms with van der Waals surface area (Å²) in [5.74, 6) is 2.33. The molecular formula is C18H17N3O2. The number of fused-ring (bicyclic) bond motifs is 1. The Morgan fingerprint density at radius 2 is 1.78 bits per heavy atom. The Hall–Kier alpha value is -2.82. The average molecular weight is 307 g/mol. The lowest BCUT2D eigenvalue weighted by Crippen LogP contribution is -2.25. The van der Waals surface area contributed by atoms with Crippen LogP contribution in [0.25, 0.3) is 0 Å². The van der Waals surface area contributed by atoms with Gasteiger partial charge in [-0.05, 0) is 24.1 Å². The highest BCUT2D eigenvalue weighted by atomic mass is 16.6. The Balaban J connectivity index is 1.49. The maximum absolute atomic E-state index is 6.02. The van der Waals surface area contributed by atoms with Crippen LogP contribution >= 0.6 is 0 Å². The van der Waals surface area contributed by atoms with E-state index in [-0.39, 0.29) is 6.10 Å². The first-order valence-corrected chi connectivity index (χ1v) is 7.70. The Morgan fingerprint density at radius 3 is 2.65 bits per heavy atom. The number of rotatable bonds is 4. The molecule has 1 aliphatic heterocycles. The maximum Gasteiger partial charge on any atom is 0.191 e. The van der Waals surface area contributed by atoms with E-state index in [2.05, 4.69) is 22.2 Å². The van der Waals surface area contributed by atoms with Crippen molar-refractivity contribution in [1.29, 1.82) is 0 Å². The number of nitrogens with zero attached hydrogens (tertiary/aromatic N) is 3. The molecule has 0 saturated carbocycles. The van der Waals surface area contributed by atoms with Crippen molar-refractivity contribution in [2.45, 2.75) is 19.1 Å². The predicted molar refractivity (Wildman–Crippen MR) is 85.5 cm³/mol. The third-order valence-electron chi connectivity index (χ3n) is 3.90. The first-order valence-electron chi connectivity index (χ1n) is 7.70. The van der Waals surface area contributed by atoms with E-state index in [0.717, 1.165) is 30.3 Å². The first kappa shape index (κ1) is 13.8. The number of hydrogen-bond donors (Lipinski definition) is 0. The quantitative estimate of drug-likeness (QED) is 0.743. The van der Waals surface area contributed by atoms with E-state index in [9.17, 15) is 0 Å². The van der Waals surface area contributed by atoms with Crippen LogP contribution in [0.4, 0.5) is 0 Å². The molecule has 0 fully saturated rings. The van der Waals surface area contributed by atoms with Crippen molar-refractivity contribution in [2.75, 3.05) is 6.61 Å². The largest absolute Gasteiger partial charge is 0.485 e. The van der Waals surface area contributed by atoms with Gasteiger partial charge < -0.3 is 9.47 Å². The van der Waals surface area contributed by atoms with Crippen LogP contribution in [-0.2, 0) is 13.0 Å². The zero-order valence-electron chi connectivity index (χ0n) is 12.6. The molecule has 5 nitrogen and oxygen atoms in total. The van der Waals surface area contributed by atoms with E-state index >= 15 is 0 Å². The van der Waals surface area contributed by atoms with Crippen LogP contribution in [0.5, 0.6) is 11.5 Å². The van der Waals surface area contributed by atoms with Crippen molar-refractivity contribution in [2.24, 2.45) is 0 Å². The zero-order valence-corrected chi connectivity index (χ0v) is 12.6. The van der Waals surface area contributed by atoms with Crippen LogP contribution in [0, 0.1) is 0 Å². The van der Waals surface area contributed by atoms with Crippen molar-refractivity contribution in [3.05, 3.63) is 72.3 Å². The predicted octanol–water partition coefficient (Wildman–Crippen LogP) is 3.03. The summed E-state index contributed by atoms with van der Waals surface area (Å²) in [7, 11) is 0. The van der Waals surface area contributed by atoms with Gasteiger partial charge in [-0.25, -0.2) is 9.67 Å². The van der Waals surface area contributed by atoms with E-state index < -0.39 is 0 Å². The lowest BCUT2D eigenvalue weighted by molar-refractivity contribution is 0.0815. The lowest BCUT2D eigenvalue weighted by atomic mass is 10.1. The number of aromatic nitrogens is 3. The molecule has 1 aliphatic rings. The van der Waals surface area contributed by atoms with Gasteiger partial charge in [-0.3, -0.25) is 0 Å². The second-order valence-corrected chi connectivity index (χ2v) is 5.44. The molecule has 0 amide bonds. The molecule has 0 spiro atoms. The van der Waals surface area contributed by atoms with Gasteiger partial charge in [0, 0.05) is 6.54 Å². The van der Waals surface area contributed by atoms with E-state index in [0.29, 0.717) is 6.61 Å². The molecule has 0 N–H and O–H groups in total. The van der Waals surface area contributed by atoms with Crippen molar-refractivity contribution in [1.82, 2.24) is 14.8 Å². The Labute approximate surface area is 134 Å². The fourth-order valence-electron chi connectivity index (χ4n) is 2.72. The Kier molecular flexibility index (Phi) is 3.68. The number of para-hydroxylation sites is 2. The number of benzene rings is 2. The smallest absolute Gasteiger partial charge is 0.191 e. The van der Waals surface area contributed by atoms with Gasteiger partial charge in [0.1, 0.15) is 12.9 Å². The molecule has 1 aromatic heterocycles. The molecule has 0 bridgehead atoms. The highest BCUT2D eigenvalue weighted by Crippen LogP contribution is 2.35. The fraction of sp³-hybridized carbons (Fsp3) is 0.222. The summed E-state index contributed by atoms with van der Waals surface area (Å²) < 4.78 is 13.7. The summed E-state index contributed by atoms with van der Waals surface area (Å²) in [6, 6.07) is 18.0. The molecule has 0 aliphatic carbocycles. The van der Waals surface area contributed by atoms with Crippen LogP contribution in [0.3, 0.4) is 0 Å². The van der Waals surface area contributed by atoms with Crippen LogP contribution in [-0.4, -0.2) is 21.4 Å². The summed E-state index contributed by atoms with van der Waals surface area (Å²) in [5, 5.41) is 4.33. The van der Waals surface area contributed by atoms with Crippen LogP contribution in [0.15, 0.2) is 60.9 Å². The van der Waals surface area contributed by atoms with Crippen molar-refractivity contribution >= 4 is 0 Å². The molecule has 1 atom stereocenters. The molecule has 0 saturated heterocycles. The summed E-state index contributed by atoms with van der Waals surface area (Å²) >= 11 is 0. The minimum absolute atomic E-state index is 0.233. The second-order valence-electron chi connectivity index (χ2n) is 5.44. The Morgan fingerprint density at radius 1 is 1.00 bits per heavy atom. The SMILES string of the molecule is c1ccc(CCn2ncnc2[C@H]2COc3ccccc3O2)cc1. The Bertz CT molecular complexity index is 786. The molecule has 5 heteroatoms. The van der Waals surface area contributed by atoms with E-state index in [4.69, 9.17) is 9.47 Å². The summed E-state index contributed by atoms with van der Waals surface area (Å²) in [5.41, 5.74) is 1.28. The third kappa shape index (κ3) is 2.90. The normalized spacial score (nSPS) is 16.3. The van der Waals surface area contributed by atoms with Crippen LogP contribution < -0.4 is 9.47 Å². The lowest BCUT2D eigenvalue weighted by Gasteiger charge is -2.26. The maximum atomic E-state index is 6.02. The van der Waals surface area contributed by atoms with Crippen molar-refractivity contribution in [3.8, 4) is 11.5 Å². The number of aryl methyl sites for hydroxylation is 2. The van der Waals surface area contributed by atoms with Gasteiger partial charge in [0.2, 0.25) is 0 Å². The standard InChI is InChI=1S/C18H17N3O2/c1-2-6-14(7-3-1)10-11-21-18(19-13-20-21)17-12-22-15-8-4-5-9-16(15)23-17/h1-9,13,17H,10-12H2/t17-/m1/s1. The van der Waals surface area contributed by atoms with E-state index in [1.165, 1.54) is 5.56 Å². The molecular weight excluding hydrogens is 290 g/mol. The second kappa shape index (κ2) is 6.12. The topological polar surface area (TPSA) is 49.2 Å². The van der Waals surface area contributed by atoms with Gasteiger partial charge in [-0.1, -0.05) is 42.5 Å². The fourth-order valence-corrected chi connectivity index (χ4v) is 2.72. The molecule has 0 unspecified atom stereocenters. The summed E-state index contributed by atoms with van der Waals surface area (Å²) in [6.07, 6.45) is 2.24. The minimum Gasteiger partial charge on any atom is -0.485 e. The monoisotopic (exact) mass is 307 g/mol. The van der Waals surface area contributed by atoms with Gasteiger partial charge in [0.05, 0.1) is 0 Å². The molecule has 23 heavy (non-hydrogen) atoms. The van der Waals surface area contributed by atoms with Crippen LogP contribution in [0.2, 0.25) is 0 Å². The molecule has 4 rings (SSSR count). The van der Waals surface area contributed by atoms with E-state index in [1.807, 2.05) is 47.1 Å².